The summed E-state index contributed by atoms with van der Waals surface area (Å²) in [7, 11) is 1.60. The fourth-order valence-electron chi connectivity index (χ4n) is 2.40. The summed E-state index contributed by atoms with van der Waals surface area (Å²) >= 11 is 0. The van der Waals surface area contributed by atoms with Gasteiger partial charge in [0.05, 0.1) is 12.1 Å². The van der Waals surface area contributed by atoms with Crippen molar-refractivity contribution in [3.63, 3.8) is 0 Å². The summed E-state index contributed by atoms with van der Waals surface area (Å²) in [5.74, 6) is 0.493. The molecule has 1 aromatic rings. The second-order valence-electron chi connectivity index (χ2n) is 8.34. The maximum atomic E-state index is 12.0. The van der Waals surface area contributed by atoms with E-state index >= 15 is 0 Å². The number of guanidine groups is 1. The fraction of sp³-hybridized carbons (Fsp3) is 0.571. The number of hydrogen-bond acceptors (Lipinski definition) is 4. The number of aliphatic imine (C=N–C) groups is 1. The molecule has 4 N–H and O–H groups in total. The third-order valence-electron chi connectivity index (χ3n) is 3.72. The van der Waals surface area contributed by atoms with E-state index in [1.165, 1.54) is 0 Å². The predicted molar refractivity (Wildman–Crippen MR) is 116 cm³/mol. The Balaban J connectivity index is 2.72. The first kappa shape index (κ1) is 24.3. The Labute approximate surface area is 173 Å². The van der Waals surface area contributed by atoms with Crippen LogP contribution in [0.15, 0.2) is 29.3 Å². The van der Waals surface area contributed by atoms with Crippen LogP contribution in [0.2, 0.25) is 0 Å². The highest BCUT2D eigenvalue weighted by Gasteiger charge is 2.24. The van der Waals surface area contributed by atoms with E-state index in [0.717, 1.165) is 5.56 Å². The summed E-state index contributed by atoms with van der Waals surface area (Å²) in [4.78, 5) is 28.4. The molecule has 0 saturated heterocycles. The fourth-order valence-corrected chi connectivity index (χ4v) is 2.40. The van der Waals surface area contributed by atoms with Gasteiger partial charge < -0.3 is 26.0 Å². The average Bonchev–Trinajstić information content (AvgIpc) is 2.61. The molecule has 162 valence electrons. The Morgan fingerprint density at radius 2 is 1.79 bits per heavy atom. The molecule has 29 heavy (non-hydrogen) atoms. The maximum Gasteiger partial charge on any atom is 0.408 e. The lowest BCUT2D eigenvalue weighted by Crippen LogP contribution is -2.54. The van der Waals surface area contributed by atoms with Crippen molar-refractivity contribution in [3.05, 3.63) is 35.4 Å². The number of alkyl carbamates (subject to hydrolysis) is 1. The number of benzene rings is 1. The Morgan fingerprint density at radius 1 is 1.10 bits per heavy atom. The topological polar surface area (TPSA) is 104 Å². The number of carbonyl (C=O) groups is 2. The van der Waals surface area contributed by atoms with Gasteiger partial charge in [0, 0.05) is 25.7 Å². The van der Waals surface area contributed by atoms with Gasteiger partial charge in [-0.2, -0.15) is 0 Å². The number of nitrogens with one attached hydrogen (secondary N) is 4. The smallest absolute Gasteiger partial charge is 0.408 e. The number of hydrogen-bond donors (Lipinski definition) is 4. The molecule has 0 aromatic heterocycles. The van der Waals surface area contributed by atoms with Crippen molar-refractivity contribution in [2.45, 2.75) is 59.2 Å². The van der Waals surface area contributed by atoms with Crippen LogP contribution in [0.4, 0.5) is 4.79 Å². The van der Waals surface area contributed by atoms with Crippen LogP contribution >= 0.6 is 0 Å². The van der Waals surface area contributed by atoms with Gasteiger partial charge in [0.15, 0.2) is 5.96 Å². The summed E-state index contributed by atoms with van der Waals surface area (Å²) in [6.45, 7) is 12.8. The molecule has 0 fully saturated rings. The highest BCUT2D eigenvalue weighted by atomic mass is 16.6. The van der Waals surface area contributed by atoms with Crippen LogP contribution in [0.3, 0.4) is 0 Å². The Morgan fingerprint density at radius 3 is 2.38 bits per heavy atom. The zero-order chi connectivity index (χ0) is 22.1. The summed E-state index contributed by atoms with van der Waals surface area (Å²) < 4.78 is 5.32. The van der Waals surface area contributed by atoms with Crippen LogP contribution in [0.1, 0.15) is 57.5 Å². The van der Waals surface area contributed by atoms with E-state index in [-0.39, 0.29) is 5.91 Å². The highest BCUT2D eigenvalue weighted by Crippen LogP contribution is 2.09. The Bertz CT molecular complexity index is 723. The minimum Gasteiger partial charge on any atom is -0.444 e. The predicted octanol–water partition coefficient (Wildman–Crippen LogP) is 2.40. The van der Waals surface area contributed by atoms with E-state index in [4.69, 9.17) is 4.74 Å². The lowest BCUT2D eigenvalue weighted by atomic mass is 10.1. The number of amides is 2. The number of ether oxygens (including phenoxy) is 1. The van der Waals surface area contributed by atoms with Crippen molar-refractivity contribution < 1.29 is 14.3 Å². The van der Waals surface area contributed by atoms with Crippen molar-refractivity contribution >= 4 is 18.0 Å². The minimum atomic E-state index is -0.548. The highest BCUT2D eigenvalue weighted by molar-refractivity contribution is 5.94. The van der Waals surface area contributed by atoms with Crippen molar-refractivity contribution in [1.29, 1.82) is 0 Å². The summed E-state index contributed by atoms with van der Waals surface area (Å²) in [5, 5.41) is 11.9. The summed E-state index contributed by atoms with van der Waals surface area (Å²) in [5.41, 5.74) is 0.431. The molecule has 1 rings (SSSR count). The molecule has 8 nitrogen and oxygen atoms in total. The van der Waals surface area contributed by atoms with E-state index in [9.17, 15) is 9.59 Å². The number of carbonyl (C=O) groups excluding carboxylic acids is 2. The number of nitrogens with zero attached hydrogens (tertiary/aromatic N) is 1. The van der Waals surface area contributed by atoms with Gasteiger partial charge in [0.25, 0.3) is 5.91 Å². The van der Waals surface area contributed by atoms with Crippen molar-refractivity contribution in [1.82, 2.24) is 21.3 Å². The molecule has 0 saturated carbocycles. The molecule has 0 spiro atoms. The molecule has 1 aromatic carbocycles. The van der Waals surface area contributed by atoms with Gasteiger partial charge in [-0.1, -0.05) is 12.1 Å². The zero-order valence-electron chi connectivity index (χ0n) is 18.6. The lowest BCUT2D eigenvalue weighted by molar-refractivity contribution is 0.0473. The molecular weight excluding hydrogens is 370 g/mol. The first-order valence-corrected chi connectivity index (χ1v) is 9.80. The molecule has 0 heterocycles. The monoisotopic (exact) mass is 405 g/mol. The zero-order valence-corrected chi connectivity index (χ0v) is 18.6. The van der Waals surface area contributed by atoms with E-state index < -0.39 is 17.2 Å². The molecule has 0 unspecified atom stereocenters. The quantitative estimate of drug-likeness (QED) is 0.412. The molecule has 0 bridgehead atoms. The molecule has 0 radical (unpaired) electrons. The van der Waals surface area contributed by atoms with Crippen LogP contribution < -0.4 is 21.3 Å². The van der Waals surface area contributed by atoms with Crippen molar-refractivity contribution in [3.8, 4) is 0 Å². The minimum absolute atomic E-state index is 0.129. The largest absolute Gasteiger partial charge is 0.444 e. The molecule has 2 amide bonds. The van der Waals surface area contributed by atoms with E-state index in [0.29, 0.717) is 31.2 Å². The molecule has 0 atom stereocenters. The maximum absolute atomic E-state index is 12.0. The average molecular weight is 406 g/mol. The van der Waals surface area contributed by atoms with Gasteiger partial charge in [-0.05, 0) is 59.2 Å². The van der Waals surface area contributed by atoms with E-state index in [1.54, 1.807) is 13.1 Å². The van der Waals surface area contributed by atoms with E-state index in [2.05, 4.69) is 26.3 Å². The Kier molecular flexibility index (Phi) is 8.94. The molecule has 0 aliphatic carbocycles. The van der Waals surface area contributed by atoms with Crippen LogP contribution in [-0.2, 0) is 11.3 Å². The third kappa shape index (κ3) is 9.82. The first-order valence-electron chi connectivity index (χ1n) is 9.80. The molecule has 8 heteroatoms. The first-order chi connectivity index (χ1) is 13.5. The van der Waals surface area contributed by atoms with Crippen LogP contribution in [0, 0.1) is 0 Å². The molecule has 0 aliphatic heterocycles. The second-order valence-corrected chi connectivity index (χ2v) is 8.34. The van der Waals surface area contributed by atoms with Crippen LogP contribution in [0.25, 0.3) is 0 Å². The Hall–Kier alpha value is -2.77. The van der Waals surface area contributed by atoms with Crippen molar-refractivity contribution in [2.24, 2.45) is 4.99 Å². The van der Waals surface area contributed by atoms with Gasteiger partial charge in [0.2, 0.25) is 0 Å². The second kappa shape index (κ2) is 10.7. The number of rotatable bonds is 7. The van der Waals surface area contributed by atoms with Gasteiger partial charge in [0.1, 0.15) is 5.60 Å². The molecule has 0 aliphatic rings. The van der Waals surface area contributed by atoms with Gasteiger partial charge in [-0.25, -0.2) is 9.79 Å². The van der Waals surface area contributed by atoms with Gasteiger partial charge >= 0.3 is 6.09 Å². The van der Waals surface area contributed by atoms with Gasteiger partial charge in [-0.3, -0.25) is 4.79 Å². The summed E-state index contributed by atoms with van der Waals surface area (Å²) in [6, 6.07) is 7.34. The van der Waals surface area contributed by atoms with Gasteiger partial charge in [-0.15, -0.1) is 0 Å². The normalized spacial score (nSPS) is 12.2. The SMILES string of the molecule is CCNC(=NCc1cccc(C(=O)NC)c1)NCC(C)(C)NC(=O)OC(C)(C)C. The van der Waals surface area contributed by atoms with Crippen LogP contribution in [0.5, 0.6) is 0 Å². The third-order valence-corrected chi connectivity index (χ3v) is 3.72. The van der Waals surface area contributed by atoms with Crippen LogP contribution in [-0.4, -0.2) is 49.2 Å². The molecular formula is C21H35N5O3. The van der Waals surface area contributed by atoms with Crippen molar-refractivity contribution in [2.75, 3.05) is 20.1 Å². The standard InChI is InChI=1S/C21H35N5O3/c1-8-23-18(24-13-15-10-9-11-16(12-15)17(27)22-7)25-14-21(5,6)26-19(28)29-20(2,3)4/h9-12H,8,13-14H2,1-7H3,(H,22,27)(H,26,28)(H2,23,24,25). The lowest BCUT2D eigenvalue weighted by Gasteiger charge is -2.29. The van der Waals surface area contributed by atoms with E-state index in [1.807, 2.05) is 59.7 Å². The summed E-state index contributed by atoms with van der Waals surface area (Å²) in [6.07, 6.45) is -0.461.